The molecule has 1 aromatic rings. The molecule has 1 aliphatic rings. The van der Waals surface area contributed by atoms with Crippen molar-refractivity contribution < 1.29 is 4.39 Å². The average Bonchev–Trinajstić information content (AvgIpc) is 2.57. The van der Waals surface area contributed by atoms with Crippen LogP contribution in [0.1, 0.15) is 31.2 Å². The molecule has 1 aromatic carbocycles. The van der Waals surface area contributed by atoms with E-state index in [4.69, 9.17) is 5.73 Å². The van der Waals surface area contributed by atoms with Gasteiger partial charge in [0, 0.05) is 25.3 Å². The summed E-state index contributed by atoms with van der Waals surface area (Å²) in [6.45, 7) is 2.54. The van der Waals surface area contributed by atoms with Crippen LogP contribution in [0.15, 0.2) is 18.2 Å². The Balaban J connectivity index is 2.23. The molecule has 0 saturated carbocycles. The molecule has 0 spiro atoms. The molecule has 1 aliphatic heterocycles. The van der Waals surface area contributed by atoms with Crippen LogP contribution in [0.25, 0.3) is 0 Å². The Labute approximate surface area is 96.2 Å². The predicted molar refractivity (Wildman–Crippen MR) is 65.0 cm³/mol. The molecule has 16 heavy (non-hydrogen) atoms. The maximum absolute atomic E-state index is 13.1. The summed E-state index contributed by atoms with van der Waals surface area (Å²) in [5, 5.41) is 0. The number of rotatable bonds is 2. The summed E-state index contributed by atoms with van der Waals surface area (Å²) in [6.07, 6.45) is 5.05. The summed E-state index contributed by atoms with van der Waals surface area (Å²) in [4.78, 5) is 2.34. The van der Waals surface area contributed by atoms with Crippen molar-refractivity contribution in [3.8, 4) is 0 Å². The summed E-state index contributed by atoms with van der Waals surface area (Å²) < 4.78 is 13.1. The third-order valence-corrected chi connectivity index (χ3v) is 3.21. The van der Waals surface area contributed by atoms with E-state index >= 15 is 0 Å². The second-order valence-corrected chi connectivity index (χ2v) is 4.38. The van der Waals surface area contributed by atoms with Crippen LogP contribution in [0, 0.1) is 5.82 Å². The van der Waals surface area contributed by atoms with Crippen molar-refractivity contribution in [3.63, 3.8) is 0 Å². The van der Waals surface area contributed by atoms with Crippen LogP contribution in [0.3, 0.4) is 0 Å². The highest BCUT2D eigenvalue weighted by molar-refractivity contribution is 5.53. The van der Waals surface area contributed by atoms with Crippen molar-refractivity contribution >= 4 is 5.69 Å². The number of benzene rings is 1. The number of anilines is 1. The van der Waals surface area contributed by atoms with E-state index < -0.39 is 0 Å². The first-order chi connectivity index (χ1) is 7.81. The van der Waals surface area contributed by atoms with Crippen LogP contribution in [0.5, 0.6) is 0 Å². The Morgan fingerprint density at radius 1 is 1.12 bits per heavy atom. The van der Waals surface area contributed by atoms with E-state index in [2.05, 4.69) is 4.90 Å². The second-order valence-electron chi connectivity index (χ2n) is 4.38. The molecule has 0 aromatic heterocycles. The van der Waals surface area contributed by atoms with Crippen molar-refractivity contribution in [2.24, 2.45) is 5.73 Å². The fraction of sp³-hybridized carbons (Fsp3) is 0.538. The Morgan fingerprint density at radius 3 is 2.44 bits per heavy atom. The number of nitrogens with two attached hydrogens (primary N) is 1. The molecule has 2 N–H and O–H groups in total. The zero-order valence-electron chi connectivity index (χ0n) is 9.58. The Morgan fingerprint density at radius 2 is 1.81 bits per heavy atom. The number of halogens is 1. The molecule has 2 rings (SSSR count). The van der Waals surface area contributed by atoms with Crippen LogP contribution < -0.4 is 10.6 Å². The first-order valence-corrected chi connectivity index (χ1v) is 6.04. The summed E-state index contributed by atoms with van der Waals surface area (Å²) in [7, 11) is 0. The van der Waals surface area contributed by atoms with E-state index in [-0.39, 0.29) is 5.82 Å². The third kappa shape index (κ3) is 2.53. The summed E-state index contributed by atoms with van der Waals surface area (Å²) >= 11 is 0. The molecule has 0 atom stereocenters. The van der Waals surface area contributed by atoms with Gasteiger partial charge in [0.15, 0.2) is 0 Å². The summed E-state index contributed by atoms with van der Waals surface area (Å²) in [6, 6.07) is 4.95. The molecule has 0 radical (unpaired) electrons. The number of nitrogens with zero attached hydrogens (tertiary/aromatic N) is 1. The lowest BCUT2D eigenvalue weighted by Gasteiger charge is -2.25. The van der Waals surface area contributed by atoms with E-state index in [1.807, 2.05) is 6.07 Å². The van der Waals surface area contributed by atoms with Crippen molar-refractivity contribution in [2.75, 3.05) is 18.0 Å². The molecule has 3 heteroatoms. The lowest BCUT2D eigenvalue weighted by atomic mass is 10.1. The zero-order chi connectivity index (χ0) is 11.4. The van der Waals surface area contributed by atoms with Crippen molar-refractivity contribution in [1.29, 1.82) is 0 Å². The van der Waals surface area contributed by atoms with Gasteiger partial charge >= 0.3 is 0 Å². The first kappa shape index (κ1) is 11.4. The fourth-order valence-corrected chi connectivity index (χ4v) is 2.34. The highest BCUT2D eigenvalue weighted by Gasteiger charge is 2.13. The molecule has 2 nitrogen and oxygen atoms in total. The SMILES string of the molecule is NCc1cc(F)ccc1N1CCCCCC1. The van der Waals surface area contributed by atoms with Crippen LogP contribution in [-0.4, -0.2) is 13.1 Å². The van der Waals surface area contributed by atoms with E-state index in [0.29, 0.717) is 6.54 Å². The molecule has 1 fully saturated rings. The zero-order valence-corrected chi connectivity index (χ0v) is 9.58. The van der Waals surface area contributed by atoms with Crippen molar-refractivity contribution in [2.45, 2.75) is 32.2 Å². The summed E-state index contributed by atoms with van der Waals surface area (Å²) in [5.41, 5.74) is 7.71. The molecule has 1 heterocycles. The minimum Gasteiger partial charge on any atom is -0.371 e. The Hall–Kier alpha value is -1.09. The van der Waals surface area contributed by atoms with Crippen molar-refractivity contribution in [3.05, 3.63) is 29.6 Å². The number of hydrogen-bond acceptors (Lipinski definition) is 2. The molecular weight excluding hydrogens is 203 g/mol. The number of hydrogen-bond donors (Lipinski definition) is 1. The Bertz CT molecular complexity index is 344. The van der Waals surface area contributed by atoms with Gasteiger partial charge in [0.25, 0.3) is 0 Å². The van der Waals surface area contributed by atoms with Gasteiger partial charge in [0.05, 0.1) is 0 Å². The molecule has 0 aliphatic carbocycles. The average molecular weight is 222 g/mol. The van der Waals surface area contributed by atoms with Crippen LogP contribution in [0.4, 0.5) is 10.1 Å². The molecular formula is C13H19FN2. The molecule has 88 valence electrons. The fourth-order valence-electron chi connectivity index (χ4n) is 2.34. The first-order valence-electron chi connectivity index (χ1n) is 6.04. The second kappa shape index (κ2) is 5.30. The summed E-state index contributed by atoms with van der Waals surface area (Å²) in [5.74, 6) is -0.195. The van der Waals surface area contributed by atoms with Gasteiger partial charge in [-0.1, -0.05) is 12.8 Å². The van der Waals surface area contributed by atoms with Crippen molar-refractivity contribution in [1.82, 2.24) is 0 Å². The van der Waals surface area contributed by atoms with Crippen LogP contribution in [0.2, 0.25) is 0 Å². The molecule has 0 bridgehead atoms. The lowest BCUT2D eigenvalue weighted by Crippen LogP contribution is -2.25. The minimum absolute atomic E-state index is 0.195. The van der Waals surface area contributed by atoms with Gasteiger partial charge in [-0.25, -0.2) is 4.39 Å². The largest absolute Gasteiger partial charge is 0.371 e. The van der Waals surface area contributed by atoms with Gasteiger partial charge in [-0.15, -0.1) is 0 Å². The monoisotopic (exact) mass is 222 g/mol. The molecule has 1 saturated heterocycles. The smallest absolute Gasteiger partial charge is 0.123 e. The maximum Gasteiger partial charge on any atom is 0.123 e. The molecule has 0 unspecified atom stereocenters. The Kier molecular flexibility index (Phi) is 3.78. The quantitative estimate of drug-likeness (QED) is 0.833. The van der Waals surface area contributed by atoms with E-state index in [9.17, 15) is 4.39 Å². The van der Waals surface area contributed by atoms with Gasteiger partial charge in [-0.3, -0.25) is 0 Å². The third-order valence-electron chi connectivity index (χ3n) is 3.21. The van der Waals surface area contributed by atoms with E-state index in [1.54, 1.807) is 6.07 Å². The van der Waals surface area contributed by atoms with Gasteiger partial charge in [0.2, 0.25) is 0 Å². The van der Waals surface area contributed by atoms with Crippen LogP contribution >= 0.6 is 0 Å². The topological polar surface area (TPSA) is 29.3 Å². The predicted octanol–water partition coefficient (Wildman–Crippen LogP) is 2.66. The minimum atomic E-state index is -0.195. The normalized spacial score (nSPS) is 17.2. The maximum atomic E-state index is 13.1. The van der Waals surface area contributed by atoms with E-state index in [0.717, 1.165) is 24.3 Å². The highest BCUT2D eigenvalue weighted by Crippen LogP contribution is 2.24. The highest BCUT2D eigenvalue weighted by atomic mass is 19.1. The van der Waals surface area contributed by atoms with Gasteiger partial charge < -0.3 is 10.6 Å². The standard InChI is InChI=1S/C13H19FN2/c14-12-5-6-13(11(9-12)10-15)16-7-3-1-2-4-8-16/h5-6,9H,1-4,7-8,10,15H2. The molecule has 0 amide bonds. The van der Waals surface area contributed by atoms with Gasteiger partial charge in [-0.2, -0.15) is 0 Å². The van der Waals surface area contributed by atoms with E-state index in [1.165, 1.54) is 31.7 Å². The van der Waals surface area contributed by atoms with Gasteiger partial charge in [-0.05, 0) is 36.6 Å². The lowest BCUT2D eigenvalue weighted by molar-refractivity contribution is 0.624. The van der Waals surface area contributed by atoms with Gasteiger partial charge in [0.1, 0.15) is 5.82 Å². The van der Waals surface area contributed by atoms with Crippen LogP contribution in [-0.2, 0) is 6.54 Å².